The van der Waals surface area contributed by atoms with Crippen LogP contribution in [0.3, 0.4) is 0 Å². The smallest absolute Gasteiger partial charge is 0.399 e. The van der Waals surface area contributed by atoms with Gasteiger partial charge in [-0.3, -0.25) is 0 Å². The summed E-state index contributed by atoms with van der Waals surface area (Å²) < 4.78 is 44.1. The van der Waals surface area contributed by atoms with Gasteiger partial charge in [-0.2, -0.15) is 13.2 Å². The summed E-state index contributed by atoms with van der Waals surface area (Å²) in [6, 6.07) is 6.85. The van der Waals surface area contributed by atoms with Crippen LogP contribution in [0.4, 0.5) is 18.9 Å². The van der Waals surface area contributed by atoms with Crippen molar-refractivity contribution in [3.05, 3.63) is 29.8 Å². The van der Waals surface area contributed by atoms with Crippen LogP contribution in [-0.2, 0) is 16.1 Å². The maximum atomic E-state index is 11.7. The van der Waals surface area contributed by atoms with Gasteiger partial charge in [0.1, 0.15) is 13.4 Å². The van der Waals surface area contributed by atoms with Crippen LogP contribution in [0.15, 0.2) is 24.3 Å². The lowest BCUT2D eigenvalue weighted by molar-refractivity contribution is -0.198. The number of nitrogen functional groups attached to an aromatic ring is 1. The summed E-state index contributed by atoms with van der Waals surface area (Å²) in [5.41, 5.74) is 6.91. The van der Waals surface area contributed by atoms with E-state index in [2.05, 4.69) is 4.74 Å². The third-order valence-electron chi connectivity index (χ3n) is 1.68. The second-order valence-electron chi connectivity index (χ2n) is 3.17. The molecule has 0 aromatic heterocycles. The van der Waals surface area contributed by atoms with Gasteiger partial charge in [-0.1, -0.05) is 12.1 Å². The van der Waals surface area contributed by atoms with Crippen molar-refractivity contribution in [1.29, 1.82) is 0 Å². The van der Waals surface area contributed by atoms with E-state index in [-0.39, 0.29) is 13.4 Å². The van der Waals surface area contributed by atoms with E-state index in [4.69, 9.17) is 10.5 Å². The third kappa shape index (κ3) is 5.57. The molecule has 0 amide bonds. The molecule has 0 heterocycles. The van der Waals surface area contributed by atoms with Crippen LogP contribution in [0.5, 0.6) is 0 Å². The average molecular weight is 235 g/mol. The van der Waals surface area contributed by atoms with Gasteiger partial charge in [0.15, 0.2) is 0 Å². The molecule has 16 heavy (non-hydrogen) atoms. The number of nitrogens with two attached hydrogens (primary N) is 1. The lowest BCUT2D eigenvalue weighted by atomic mass is 10.2. The highest BCUT2D eigenvalue weighted by atomic mass is 19.4. The predicted octanol–water partition coefficient (Wildman–Crippen LogP) is 2.32. The molecule has 0 aliphatic heterocycles. The molecule has 1 aromatic carbocycles. The molecular weight excluding hydrogens is 223 g/mol. The Morgan fingerprint density at radius 2 is 1.69 bits per heavy atom. The fourth-order valence-corrected chi connectivity index (χ4v) is 0.990. The summed E-state index contributed by atoms with van der Waals surface area (Å²) in [4.78, 5) is 0. The number of anilines is 1. The number of benzene rings is 1. The molecule has 90 valence electrons. The molecule has 0 aliphatic rings. The molecule has 6 heteroatoms. The van der Waals surface area contributed by atoms with Crippen molar-refractivity contribution < 1.29 is 22.6 Å². The summed E-state index contributed by atoms with van der Waals surface area (Å²) in [6.07, 6.45) is -4.31. The molecule has 1 rings (SSSR count). The van der Waals surface area contributed by atoms with Gasteiger partial charge in [-0.05, 0) is 17.7 Å². The molecule has 0 saturated heterocycles. The van der Waals surface area contributed by atoms with Crippen LogP contribution in [0.1, 0.15) is 5.56 Å². The SMILES string of the molecule is Nc1ccc(COCOCC(F)(F)F)cc1. The van der Waals surface area contributed by atoms with Gasteiger partial charge in [-0.15, -0.1) is 0 Å². The van der Waals surface area contributed by atoms with Crippen molar-refractivity contribution in [3.63, 3.8) is 0 Å². The highest BCUT2D eigenvalue weighted by molar-refractivity contribution is 5.38. The first-order chi connectivity index (χ1) is 7.47. The Bertz CT molecular complexity index is 311. The highest BCUT2D eigenvalue weighted by Crippen LogP contribution is 2.14. The molecule has 2 N–H and O–H groups in total. The fourth-order valence-electron chi connectivity index (χ4n) is 0.990. The average Bonchev–Trinajstić information content (AvgIpc) is 2.19. The molecule has 0 aliphatic carbocycles. The van der Waals surface area contributed by atoms with Crippen molar-refractivity contribution in [2.45, 2.75) is 12.8 Å². The van der Waals surface area contributed by atoms with Gasteiger partial charge in [0.2, 0.25) is 0 Å². The second kappa shape index (κ2) is 5.72. The zero-order chi connectivity index (χ0) is 12.0. The van der Waals surface area contributed by atoms with Crippen molar-refractivity contribution in [2.75, 3.05) is 19.1 Å². The normalized spacial score (nSPS) is 11.7. The van der Waals surface area contributed by atoms with Gasteiger partial charge in [0.25, 0.3) is 0 Å². The molecule has 0 atom stereocenters. The number of alkyl halides is 3. The Labute approximate surface area is 91.0 Å². The lowest BCUT2D eigenvalue weighted by Gasteiger charge is -2.08. The van der Waals surface area contributed by atoms with E-state index in [1.807, 2.05) is 0 Å². The van der Waals surface area contributed by atoms with Crippen LogP contribution in [0.2, 0.25) is 0 Å². The quantitative estimate of drug-likeness (QED) is 0.484. The highest BCUT2D eigenvalue weighted by Gasteiger charge is 2.27. The van der Waals surface area contributed by atoms with Gasteiger partial charge in [0, 0.05) is 5.69 Å². The van der Waals surface area contributed by atoms with Crippen molar-refractivity contribution in [2.24, 2.45) is 0 Å². The van der Waals surface area contributed by atoms with E-state index in [1.54, 1.807) is 24.3 Å². The summed E-state index contributed by atoms with van der Waals surface area (Å²) in [5.74, 6) is 0. The fraction of sp³-hybridized carbons (Fsp3) is 0.400. The molecule has 3 nitrogen and oxygen atoms in total. The molecule has 0 radical (unpaired) electrons. The largest absolute Gasteiger partial charge is 0.411 e. The number of hydrogen-bond donors (Lipinski definition) is 1. The molecule has 0 unspecified atom stereocenters. The molecule has 0 fully saturated rings. The van der Waals surface area contributed by atoms with Crippen LogP contribution in [-0.4, -0.2) is 19.6 Å². The molecule has 1 aromatic rings. The van der Waals surface area contributed by atoms with Gasteiger partial charge in [0.05, 0.1) is 6.61 Å². The zero-order valence-corrected chi connectivity index (χ0v) is 8.46. The minimum Gasteiger partial charge on any atom is -0.399 e. The van der Waals surface area contributed by atoms with E-state index in [0.717, 1.165) is 5.56 Å². The third-order valence-corrected chi connectivity index (χ3v) is 1.68. The Hall–Kier alpha value is -1.27. The van der Waals surface area contributed by atoms with E-state index in [0.29, 0.717) is 5.69 Å². The summed E-state index contributed by atoms with van der Waals surface area (Å²) in [7, 11) is 0. The monoisotopic (exact) mass is 235 g/mol. The van der Waals surface area contributed by atoms with Crippen molar-refractivity contribution in [3.8, 4) is 0 Å². The Morgan fingerprint density at radius 1 is 1.06 bits per heavy atom. The van der Waals surface area contributed by atoms with Crippen LogP contribution in [0.25, 0.3) is 0 Å². The first kappa shape index (κ1) is 12.8. The van der Waals surface area contributed by atoms with Crippen LogP contribution < -0.4 is 5.73 Å². The van der Waals surface area contributed by atoms with Crippen molar-refractivity contribution >= 4 is 5.69 Å². The predicted molar refractivity (Wildman–Crippen MR) is 52.5 cm³/mol. The van der Waals surface area contributed by atoms with E-state index < -0.39 is 12.8 Å². The maximum absolute atomic E-state index is 11.7. The van der Waals surface area contributed by atoms with Gasteiger partial charge >= 0.3 is 6.18 Å². The number of rotatable bonds is 5. The second-order valence-corrected chi connectivity index (χ2v) is 3.17. The van der Waals surface area contributed by atoms with Crippen molar-refractivity contribution in [1.82, 2.24) is 0 Å². The number of halogens is 3. The lowest BCUT2D eigenvalue weighted by Crippen LogP contribution is -2.18. The Kier molecular flexibility index (Phi) is 4.57. The summed E-state index contributed by atoms with van der Waals surface area (Å²) in [6.45, 7) is -1.49. The molecule has 0 bridgehead atoms. The van der Waals surface area contributed by atoms with Crippen LogP contribution >= 0.6 is 0 Å². The van der Waals surface area contributed by atoms with Crippen LogP contribution in [0, 0.1) is 0 Å². The Balaban J connectivity index is 2.14. The van der Waals surface area contributed by atoms with E-state index in [1.165, 1.54) is 0 Å². The molecule has 0 spiro atoms. The van der Waals surface area contributed by atoms with E-state index >= 15 is 0 Å². The molecule has 0 saturated carbocycles. The maximum Gasteiger partial charge on any atom is 0.411 e. The Morgan fingerprint density at radius 3 is 2.25 bits per heavy atom. The number of ether oxygens (including phenoxy) is 2. The number of hydrogen-bond acceptors (Lipinski definition) is 3. The summed E-state index contributed by atoms with van der Waals surface area (Å²) in [5, 5.41) is 0. The topological polar surface area (TPSA) is 44.5 Å². The standard InChI is InChI=1S/C10H12F3NO2/c11-10(12,13)6-16-7-15-5-8-1-3-9(14)4-2-8/h1-4H,5-7,14H2. The van der Waals surface area contributed by atoms with Gasteiger partial charge in [-0.25, -0.2) is 0 Å². The minimum absolute atomic E-state index is 0.193. The zero-order valence-electron chi connectivity index (χ0n) is 8.46. The molecular formula is C10H12F3NO2. The summed E-state index contributed by atoms with van der Waals surface area (Å²) >= 11 is 0. The first-order valence-electron chi connectivity index (χ1n) is 4.54. The van der Waals surface area contributed by atoms with E-state index in [9.17, 15) is 13.2 Å². The van der Waals surface area contributed by atoms with Gasteiger partial charge < -0.3 is 15.2 Å². The minimum atomic E-state index is -4.31. The first-order valence-corrected chi connectivity index (χ1v) is 4.54.